The smallest absolute Gasteiger partial charge is 0.342 e. The monoisotopic (exact) mass is 837 g/mol. The van der Waals surface area contributed by atoms with Gasteiger partial charge >= 0.3 is 13.5 Å². The van der Waals surface area contributed by atoms with Crippen LogP contribution in [0.2, 0.25) is 0 Å². The van der Waals surface area contributed by atoms with Gasteiger partial charge in [-0.15, -0.1) is 0 Å². The molecule has 3 aromatic carbocycles. The fourth-order valence-corrected chi connectivity index (χ4v) is 9.60. The number of hydrogen-bond acceptors (Lipinski definition) is 11. The highest BCUT2D eigenvalue weighted by Gasteiger charge is 2.33. The average molecular weight is 838 g/mol. The first kappa shape index (κ1) is 44.6. The first-order valence-corrected chi connectivity index (χ1v) is 23.0. The normalized spacial score (nSPS) is 15.8. The molecule has 0 bridgehead atoms. The number of fused-ring (bicyclic) bond motifs is 1. The Balaban J connectivity index is 1.19. The predicted molar refractivity (Wildman–Crippen MR) is 234 cm³/mol. The second-order valence-corrected chi connectivity index (χ2v) is 18.3. The first-order valence-electron chi connectivity index (χ1n) is 21.2. The van der Waals surface area contributed by atoms with Crippen LogP contribution in [0.1, 0.15) is 82.9 Å². The van der Waals surface area contributed by atoms with E-state index < -0.39 is 25.6 Å². The number of carbonyl (C=O) groups is 2. The number of aryl methyl sites for hydroxylation is 1. The molecule has 14 heteroatoms. The zero-order valence-corrected chi connectivity index (χ0v) is 36.2. The van der Waals surface area contributed by atoms with Crippen LogP contribution in [0.4, 0.5) is 5.82 Å². The standard InChI is InChI=1S/C46H60N7O6P/c1-33(2)58-46(55)35(4)51-60(56,32-57-34(3)28-53-31-50-43-44(47)48-30-49-45(43)53)59-40-23-21-38(22-24-40)26-41(42(54)27-37-16-11-12-17-37)52(29-39-18-9-6-10-19-39)25-13-20-36-14-7-5-8-15-36/h5-10,14-15,18-19,21-24,30-31,33-35,37,41H,11-13,16-17,20,25-29,32H2,1-4H3,(H,51,56)(H2,47,48,49)/t34-,35+,41+,60?/m1/s1. The van der Waals surface area contributed by atoms with Gasteiger partial charge in [-0.05, 0) is 88.2 Å². The maximum atomic E-state index is 14.6. The number of nitrogens with two attached hydrogens (primary N) is 1. The maximum Gasteiger partial charge on any atom is 0.342 e. The lowest BCUT2D eigenvalue weighted by Gasteiger charge is -2.32. The summed E-state index contributed by atoms with van der Waals surface area (Å²) in [5.74, 6) is 0.756. The van der Waals surface area contributed by atoms with Gasteiger partial charge in [-0.3, -0.25) is 19.1 Å². The van der Waals surface area contributed by atoms with Crippen molar-refractivity contribution < 1.29 is 28.2 Å². The minimum atomic E-state index is -3.87. The van der Waals surface area contributed by atoms with E-state index in [1.54, 1.807) is 43.8 Å². The van der Waals surface area contributed by atoms with Gasteiger partial charge in [0, 0.05) is 13.0 Å². The lowest BCUT2D eigenvalue weighted by molar-refractivity contribution is -0.149. The molecule has 0 spiro atoms. The second kappa shape index (κ2) is 21.5. The molecule has 320 valence electrons. The molecular weight excluding hydrogens is 778 g/mol. The SMILES string of the molecule is CC(C)OC(=O)[C@H](C)NP(=O)(CO[C@H](C)Cn1cnc2c(N)ncnc21)Oc1ccc(C[C@@H](C(=O)CC2CCCC2)N(CCCc2ccccc2)Cc2ccccc2)cc1. The fourth-order valence-electron chi connectivity index (χ4n) is 7.82. The Morgan fingerprint density at radius 1 is 0.900 bits per heavy atom. The number of anilines is 1. The third-order valence-corrected chi connectivity index (χ3v) is 12.6. The van der Waals surface area contributed by atoms with Crippen LogP contribution in [-0.4, -0.2) is 73.4 Å². The number of imidazole rings is 1. The maximum absolute atomic E-state index is 14.6. The van der Waals surface area contributed by atoms with Crippen molar-refractivity contribution in [2.75, 3.05) is 18.6 Å². The van der Waals surface area contributed by atoms with Crippen LogP contribution in [0.15, 0.2) is 97.6 Å². The Morgan fingerprint density at radius 3 is 2.27 bits per heavy atom. The molecule has 60 heavy (non-hydrogen) atoms. The quantitative estimate of drug-likeness (QED) is 0.0480. The molecule has 4 atom stereocenters. The number of carbonyl (C=O) groups excluding carboxylic acids is 2. The van der Waals surface area contributed by atoms with Gasteiger partial charge < -0.3 is 24.3 Å². The zero-order chi connectivity index (χ0) is 42.5. The van der Waals surface area contributed by atoms with E-state index >= 15 is 0 Å². The third kappa shape index (κ3) is 13.0. The van der Waals surface area contributed by atoms with Crippen molar-refractivity contribution in [1.82, 2.24) is 29.5 Å². The second-order valence-electron chi connectivity index (χ2n) is 16.3. The molecule has 1 unspecified atom stereocenters. The van der Waals surface area contributed by atoms with Crippen LogP contribution in [-0.2, 0) is 49.6 Å². The van der Waals surface area contributed by atoms with Gasteiger partial charge in [0.05, 0.1) is 31.1 Å². The van der Waals surface area contributed by atoms with Crippen molar-refractivity contribution in [3.8, 4) is 5.75 Å². The number of aromatic nitrogens is 4. The number of nitrogens with zero attached hydrogens (tertiary/aromatic N) is 5. The van der Waals surface area contributed by atoms with Crippen LogP contribution in [0, 0.1) is 5.92 Å². The summed E-state index contributed by atoms with van der Waals surface area (Å²) in [6.45, 7) is 8.70. The van der Waals surface area contributed by atoms with E-state index in [9.17, 15) is 14.2 Å². The van der Waals surface area contributed by atoms with E-state index in [1.807, 2.05) is 43.3 Å². The van der Waals surface area contributed by atoms with Crippen molar-refractivity contribution >= 4 is 36.3 Å². The molecule has 2 heterocycles. The topological polar surface area (TPSA) is 164 Å². The van der Waals surface area contributed by atoms with Gasteiger partial charge in [0.15, 0.2) is 17.2 Å². The Morgan fingerprint density at radius 2 is 1.58 bits per heavy atom. The number of ether oxygens (including phenoxy) is 2. The Kier molecular flexibility index (Phi) is 16.0. The molecule has 1 saturated carbocycles. The molecule has 0 amide bonds. The van der Waals surface area contributed by atoms with Gasteiger partial charge in [-0.25, -0.2) is 20.0 Å². The molecule has 5 aromatic rings. The summed E-state index contributed by atoms with van der Waals surface area (Å²) in [6, 6.07) is 27.0. The molecule has 1 fully saturated rings. The van der Waals surface area contributed by atoms with Crippen molar-refractivity contribution in [3.63, 3.8) is 0 Å². The van der Waals surface area contributed by atoms with Crippen LogP contribution in [0.5, 0.6) is 5.75 Å². The number of nitrogens with one attached hydrogen (secondary N) is 1. The Labute approximate surface area is 353 Å². The summed E-state index contributed by atoms with van der Waals surface area (Å²) >= 11 is 0. The van der Waals surface area contributed by atoms with E-state index in [-0.39, 0.29) is 30.1 Å². The summed E-state index contributed by atoms with van der Waals surface area (Å²) in [5.41, 5.74) is 10.4. The first-order chi connectivity index (χ1) is 28.9. The van der Waals surface area contributed by atoms with Gasteiger partial charge in [0.25, 0.3) is 0 Å². The summed E-state index contributed by atoms with van der Waals surface area (Å²) in [7, 11) is -3.87. The summed E-state index contributed by atoms with van der Waals surface area (Å²) in [4.78, 5) is 42.2. The number of rotatable bonds is 23. The molecule has 0 radical (unpaired) electrons. The van der Waals surface area contributed by atoms with Gasteiger partial charge in [0.1, 0.15) is 30.0 Å². The van der Waals surface area contributed by atoms with Gasteiger partial charge in [0.2, 0.25) is 0 Å². The minimum absolute atomic E-state index is 0.275. The van der Waals surface area contributed by atoms with E-state index in [0.29, 0.717) is 48.8 Å². The predicted octanol–water partition coefficient (Wildman–Crippen LogP) is 8.17. The number of benzene rings is 3. The molecular formula is C46H60N7O6P. The van der Waals surface area contributed by atoms with Crippen LogP contribution >= 0.6 is 7.52 Å². The lowest BCUT2D eigenvalue weighted by Crippen LogP contribution is -2.43. The average Bonchev–Trinajstić information content (AvgIpc) is 3.90. The lowest BCUT2D eigenvalue weighted by atomic mass is 9.92. The Bertz CT molecular complexity index is 2160. The highest BCUT2D eigenvalue weighted by Crippen LogP contribution is 2.44. The highest BCUT2D eigenvalue weighted by molar-refractivity contribution is 7.57. The minimum Gasteiger partial charge on any atom is -0.462 e. The van der Waals surface area contributed by atoms with E-state index in [0.717, 1.165) is 37.8 Å². The van der Waals surface area contributed by atoms with Crippen molar-refractivity contribution in [3.05, 3.63) is 114 Å². The van der Waals surface area contributed by atoms with E-state index in [2.05, 4.69) is 61.3 Å². The molecule has 0 aliphatic heterocycles. The van der Waals surface area contributed by atoms with Gasteiger partial charge in [-0.1, -0.05) is 98.5 Å². The van der Waals surface area contributed by atoms with E-state index in [1.165, 1.54) is 30.3 Å². The molecule has 6 rings (SSSR count). The van der Waals surface area contributed by atoms with E-state index in [4.69, 9.17) is 19.7 Å². The molecule has 13 nitrogen and oxygen atoms in total. The third-order valence-electron chi connectivity index (χ3n) is 10.9. The summed E-state index contributed by atoms with van der Waals surface area (Å²) < 4.78 is 34.0. The van der Waals surface area contributed by atoms with Crippen molar-refractivity contribution in [2.24, 2.45) is 5.92 Å². The molecule has 0 saturated heterocycles. The van der Waals surface area contributed by atoms with Crippen molar-refractivity contribution in [1.29, 1.82) is 0 Å². The summed E-state index contributed by atoms with van der Waals surface area (Å²) in [6.07, 6.45) is 9.36. The number of esters is 1. The number of hydrogen-bond donors (Lipinski definition) is 2. The molecule has 2 aromatic heterocycles. The largest absolute Gasteiger partial charge is 0.462 e. The molecule has 1 aliphatic carbocycles. The highest BCUT2D eigenvalue weighted by atomic mass is 31.2. The zero-order valence-electron chi connectivity index (χ0n) is 35.3. The molecule has 3 N–H and O–H groups in total. The van der Waals surface area contributed by atoms with Crippen LogP contribution in [0.3, 0.4) is 0 Å². The Hall–Kier alpha value is -4.94. The molecule has 1 aliphatic rings. The van der Waals surface area contributed by atoms with Crippen LogP contribution in [0.25, 0.3) is 11.2 Å². The number of nitrogen functional groups attached to an aromatic ring is 1. The van der Waals surface area contributed by atoms with Crippen molar-refractivity contribution in [2.45, 2.75) is 116 Å². The fraction of sp³-hybridized carbons (Fsp3) is 0.457. The van der Waals surface area contributed by atoms with Gasteiger partial charge in [-0.2, -0.15) is 0 Å². The number of Topliss-reactive ketones (excluding diaryl/α,β-unsaturated/α-hetero) is 1. The van der Waals surface area contributed by atoms with Crippen LogP contribution < -0.4 is 15.3 Å². The number of ketones is 1. The summed E-state index contributed by atoms with van der Waals surface area (Å²) in [5, 5.41) is 2.89.